The highest BCUT2D eigenvalue weighted by atomic mass is 16.5. The van der Waals surface area contributed by atoms with Crippen LogP contribution < -0.4 is 10.1 Å². The van der Waals surface area contributed by atoms with E-state index >= 15 is 0 Å². The van der Waals surface area contributed by atoms with Crippen molar-refractivity contribution in [2.75, 3.05) is 27.3 Å². The lowest BCUT2D eigenvalue weighted by molar-refractivity contribution is -0.138. The van der Waals surface area contributed by atoms with Crippen molar-refractivity contribution in [3.63, 3.8) is 0 Å². The molecule has 0 fully saturated rings. The number of nitrogens with one attached hydrogen (secondary N) is 1. The van der Waals surface area contributed by atoms with Gasteiger partial charge in [0.1, 0.15) is 24.1 Å². The van der Waals surface area contributed by atoms with Gasteiger partial charge >= 0.3 is 5.97 Å². The second kappa shape index (κ2) is 12.4. The largest absolute Gasteiger partial charge is 0.497 e. The Hall–Kier alpha value is -2.27. The van der Waals surface area contributed by atoms with Crippen molar-refractivity contribution in [2.24, 2.45) is 0 Å². The fourth-order valence-corrected chi connectivity index (χ4v) is 2.67. The average Bonchev–Trinajstić information content (AvgIpc) is 2.76. The van der Waals surface area contributed by atoms with Crippen LogP contribution in [0.3, 0.4) is 0 Å². The molecule has 168 valence electrons. The summed E-state index contributed by atoms with van der Waals surface area (Å²) < 4.78 is 5.14. The molecule has 1 unspecified atom stereocenters. The van der Waals surface area contributed by atoms with Crippen LogP contribution in [0.1, 0.15) is 18.4 Å². The van der Waals surface area contributed by atoms with Gasteiger partial charge in [-0.15, -0.1) is 0 Å². The van der Waals surface area contributed by atoms with Gasteiger partial charge in [-0.1, -0.05) is 24.3 Å². The van der Waals surface area contributed by atoms with Crippen LogP contribution in [0.4, 0.5) is 0 Å². The van der Waals surface area contributed by atoms with Crippen molar-refractivity contribution in [2.45, 2.75) is 37.3 Å². The van der Waals surface area contributed by atoms with Gasteiger partial charge in [-0.3, -0.25) is 4.79 Å². The summed E-state index contributed by atoms with van der Waals surface area (Å²) in [7, 11) is 3.20. The number of aliphatic carboxylic acids is 1. The summed E-state index contributed by atoms with van der Waals surface area (Å²) in [5.74, 6) is -0.490. The third kappa shape index (κ3) is 7.21. The number of rotatable bonds is 9. The van der Waals surface area contributed by atoms with Gasteiger partial charge in [0.2, 0.25) is 0 Å². The predicted molar refractivity (Wildman–Crippen MR) is 112 cm³/mol. The molecule has 0 radical (unpaired) electrons. The Morgan fingerprint density at radius 1 is 1.00 bits per heavy atom. The third-order valence-electron chi connectivity index (χ3n) is 4.68. The summed E-state index contributed by atoms with van der Waals surface area (Å²) in [4.78, 5) is 10.9. The Balaban J connectivity index is 0.000000314. The topological polar surface area (TPSA) is 160 Å². The Labute approximate surface area is 175 Å². The molecule has 0 saturated heterocycles. The third-order valence-corrected chi connectivity index (χ3v) is 4.68. The van der Waals surface area contributed by atoms with Gasteiger partial charge in [-0.25, -0.2) is 0 Å². The maximum atomic E-state index is 10.9. The van der Waals surface area contributed by atoms with Crippen molar-refractivity contribution >= 4 is 16.7 Å². The van der Waals surface area contributed by atoms with Crippen LogP contribution in [0.15, 0.2) is 36.4 Å². The van der Waals surface area contributed by atoms with Crippen LogP contribution >= 0.6 is 0 Å². The summed E-state index contributed by atoms with van der Waals surface area (Å²) in [5.41, 5.74) is 0.815. The van der Waals surface area contributed by atoms with Gasteiger partial charge in [0, 0.05) is 6.54 Å². The second-order valence-corrected chi connectivity index (χ2v) is 6.89. The van der Waals surface area contributed by atoms with Gasteiger partial charge in [-0.2, -0.15) is 0 Å². The van der Waals surface area contributed by atoms with E-state index in [2.05, 4.69) is 5.32 Å². The molecule has 0 aromatic heterocycles. The number of benzene rings is 2. The van der Waals surface area contributed by atoms with Crippen LogP contribution in [0.25, 0.3) is 10.8 Å². The molecule has 7 N–H and O–H groups in total. The van der Waals surface area contributed by atoms with Gasteiger partial charge in [0.15, 0.2) is 0 Å². The summed E-state index contributed by atoms with van der Waals surface area (Å²) in [6, 6.07) is 11.4. The molecule has 0 bridgehead atoms. The highest BCUT2D eigenvalue weighted by Gasteiger charge is 2.29. The van der Waals surface area contributed by atoms with E-state index in [-0.39, 0.29) is 6.54 Å². The number of ether oxygens (including phenoxy) is 1. The number of fused-ring (bicyclic) bond motifs is 1. The van der Waals surface area contributed by atoms with Crippen molar-refractivity contribution in [1.29, 1.82) is 0 Å². The molecule has 0 aliphatic heterocycles. The number of methoxy groups -OCH3 is 1. The van der Waals surface area contributed by atoms with Gasteiger partial charge in [0.05, 0.1) is 25.7 Å². The standard InChI is InChI=1S/C14H14O3.C7H17NO5/c1-9(14(15)16)10-3-4-12-8-13(17-2)6-5-11(12)7-10;1-8-2-4(10)6(12)7(13)5(11)3-9/h3-9H,1-2H3,(H,15,16);4-13H,2-3H2,1H3/t;4-,5+,6+,7+/m.0/s1. The number of likely N-dealkylation sites (N-methyl/N-ethyl adjacent to an activating group) is 1. The summed E-state index contributed by atoms with van der Waals surface area (Å²) in [6.07, 6.45) is -5.65. The maximum Gasteiger partial charge on any atom is 0.310 e. The Morgan fingerprint density at radius 3 is 2.10 bits per heavy atom. The first-order valence-corrected chi connectivity index (χ1v) is 9.44. The first-order valence-electron chi connectivity index (χ1n) is 9.44. The maximum absolute atomic E-state index is 10.9. The summed E-state index contributed by atoms with van der Waals surface area (Å²) in [5, 5.41) is 58.5. The van der Waals surface area contributed by atoms with Crippen LogP contribution in [0, 0.1) is 0 Å². The quantitative estimate of drug-likeness (QED) is 0.286. The summed E-state index contributed by atoms with van der Waals surface area (Å²) in [6.45, 7) is 1.12. The highest BCUT2D eigenvalue weighted by Crippen LogP contribution is 2.25. The molecule has 0 aliphatic rings. The van der Waals surface area contributed by atoms with E-state index in [1.165, 1.54) is 0 Å². The van der Waals surface area contributed by atoms with E-state index in [0.29, 0.717) is 0 Å². The minimum atomic E-state index is -1.55. The number of aliphatic hydroxyl groups is 5. The van der Waals surface area contributed by atoms with E-state index in [0.717, 1.165) is 22.1 Å². The number of aliphatic hydroxyl groups excluding tert-OH is 5. The minimum Gasteiger partial charge on any atom is -0.497 e. The smallest absolute Gasteiger partial charge is 0.310 e. The monoisotopic (exact) mass is 425 g/mol. The Morgan fingerprint density at radius 2 is 1.57 bits per heavy atom. The van der Waals surface area contributed by atoms with Crippen molar-refractivity contribution in [3.05, 3.63) is 42.0 Å². The molecule has 0 heterocycles. The van der Waals surface area contributed by atoms with Crippen LogP contribution in [0.2, 0.25) is 0 Å². The van der Waals surface area contributed by atoms with E-state index < -0.39 is 42.9 Å². The van der Waals surface area contributed by atoms with Crippen LogP contribution in [-0.4, -0.2) is 88.3 Å². The van der Waals surface area contributed by atoms with Gasteiger partial charge in [-0.05, 0) is 42.4 Å². The van der Waals surface area contributed by atoms with Crippen molar-refractivity contribution < 1.29 is 40.2 Å². The molecule has 30 heavy (non-hydrogen) atoms. The number of carbonyl (C=O) groups is 1. The molecule has 0 saturated carbocycles. The van der Waals surface area contributed by atoms with Crippen LogP contribution in [-0.2, 0) is 4.79 Å². The lowest BCUT2D eigenvalue weighted by atomic mass is 9.98. The number of carboxylic acid groups (broad SMARTS) is 1. The molecule has 2 rings (SSSR count). The Bertz CT molecular complexity index is 800. The van der Waals surface area contributed by atoms with Crippen molar-refractivity contribution in [3.8, 4) is 5.75 Å². The lowest BCUT2D eigenvalue weighted by Crippen LogP contribution is -2.48. The van der Waals surface area contributed by atoms with Crippen molar-refractivity contribution in [1.82, 2.24) is 5.32 Å². The molecule has 0 spiro atoms. The van der Waals surface area contributed by atoms with Gasteiger partial charge in [0.25, 0.3) is 0 Å². The summed E-state index contributed by atoms with van der Waals surface area (Å²) >= 11 is 0. The lowest BCUT2D eigenvalue weighted by Gasteiger charge is -2.25. The number of carboxylic acids is 1. The fourth-order valence-electron chi connectivity index (χ4n) is 2.67. The van der Waals surface area contributed by atoms with E-state index in [1.54, 1.807) is 21.1 Å². The zero-order valence-corrected chi connectivity index (χ0v) is 17.3. The zero-order valence-electron chi connectivity index (χ0n) is 17.3. The molecule has 5 atom stereocenters. The van der Waals surface area contributed by atoms with Gasteiger partial charge < -0.3 is 40.7 Å². The van der Waals surface area contributed by atoms with E-state index in [4.69, 9.17) is 30.3 Å². The normalized spacial score (nSPS) is 16.0. The number of hydrogen-bond acceptors (Lipinski definition) is 8. The van der Waals surface area contributed by atoms with Crippen LogP contribution in [0.5, 0.6) is 5.75 Å². The highest BCUT2D eigenvalue weighted by molar-refractivity contribution is 5.86. The molecule has 0 aliphatic carbocycles. The molecule has 9 heteroatoms. The average molecular weight is 425 g/mol. The zero-order chi connectivity index (χ0) is 22.8. The molecular formula is C21H31NO8. The van der Waals surface area contributed by atoms with E-state index in [1.807, 2.05) is 36.4 Å². The Kier molecular flexibility index (Phi) is 10.7. The predicted octanol–water partition coefficient (Wildman–Crippen LogP) is -0.322. The first kappa shape index (κ1) is 25.8. The first-order chi connectivity index (χ1) is 14.2. The fraction of sp³-hybridized carbons (Fsp3) is 0.476. The molecular weight excluding hydrogens is 394 g/mol. The molecule has 2 aromatic rings. The van der Waals surface area contributed by atoms with E-state index in [9.17, 15) is 9.90 Å². The number of hydrogen-bond donors (Lipinski definition) is 7. The minimum absolute atomic E-state index is 0.0936. The second-order valence-electron chi connectivity index (χ2n) is 6.89. The molecule has 9 nitrogen and oxygen atoms in total. The molecule has 2 aromatic carbocycles. The SMILES string of the molecule is CNC[C@H](O)[C@@H](O)[C@H](O)[C@H](O)CO.COc1ccc2cc(C(C)C(=O)O)ccc2c1. The molecule has 0 amide bonds.